The Kier molecular flexibility index (Phi) is 6.08. The molecule has 170 valence electrons. The van der Waals surface area contributed by atoms with Crippen LogP contribution in [0.1, 0.15) is 33.3 Å². The van der Waals surface area contributed by atoms with Gasteiger partial charge in [0, 0.05) is 35.0 Å². The fourth-order valence-corrected chi connectivity index (χ4v) is 3.92. The van der Waals surface area contributed by atoms with Gasteiger partial charge in [0.05, 0.1) is 16.1 Å². The maximum atomic E-state index is 6.42. The summed E-state index contributed by atoms with van der Waals surface area (Å²) >= 11 is 6.42. The Balaban J connectivity index is 1.59. The van der Waals surface area contributed by atoms with Crippen molar-refractivity contribution in [2.24, 2.45) is 10.4 Å². The van der Waals surface area contributed by atoms with Crippen molar-refractivity contribution in [2.45, 2.75) is 34.6 Å². The molecule has 0 fully saturated rings. The molecule has 0 atom stereocenters. The fraction of sp³-hybridized carbons (Fsp3) is 0.280. The molecule has 0 bridgehead atoms. The third-order valence-electron chi connectivity index (χ3n) is 5.28. The van der Waals surface area contributed by atoms with E-state index in [1.165, 1.54) is 0 Å². The standard InChI is InChI=1S/C25H27ClN6O/c1-14-8-7-9-17(26)21(14)22-29-18-11-10-16(13-19(18)30-22)23-31-32-24(33-23)28-15(2)12-20(27-6)25(3,4)5/h7-13H,1-6H3,(H,28,32)(H,29,30)/b15-12+,27-20?. The molecule has 0 unspecified atom stereocenters. The maximum absolute atomic E-state index is 6.42. The number of imidazole rings is 1. The summed E-state index contributed by atoms with van der Waals surface area (Å²) in [5.41, 5.74) is 6.22. The molecule has 0 radical (unpaired) electrons. The SMILES string of the molecule is CN=C(/C=C(\C)Nc1nnc(-c2ccc3nc(-c4c(C)cccc4Cl)[nH]c3c2)o1)C(C)(C)C. The first-order valence-electron chi connectivity index (χ1n) is 10.7. The predicted molar refractivity (Wildman–Crippen MR) is 135 cm³/mol. The molecule has 0 aliphatic rings. The number of nitrogens with one attached hydrogen (secondary N) is 2. The number of hydrogen-bond donors (Lipinski definition) is 2. The second-order valence-corrected chi connectivity index (χ2v) is 9.38. The number of H-pyrrole nitrogens is 1. The molecule has 2 aromatic carbocycles. The maximum Gasteiger partial charge on any atom is 0.320 e. The number of nitrogens with zero attached hydrogens (tertiary/aromatic N) is 4. The second-order valence-electron chi connectivity index (χ2n) is 8.97. The molecule has 0 spiro atoms. The lowest BCUT2D eigenvalue weighted by molar-refractivity contribution is 0.584. The number of rotatable bonds is 5. The Morgan fingerprint density at radius 3 is 2.67 bits per heavy atom. The third kappa shape index (κ3) is 4.83. The summed E-state index contributed by atoms with van der Waals surface area (Å²) in [6.45, 7) is 10.3. The first-order chi connectivity index (χ1) is 15.7. The summed E-state index contributed by atoms with van der Waals surface area (Å²) in [6.07, 6.45) is 1.98. The van der Waals surface area contributed by atoms with Crippen molar-refractivity contribution in [3.63, 3.8) is 0 Å². The van der Waals surface area contributed by atoms with Crippen LogP contribution in [0.15, 0.2) is 57.6 Å². The summed E-state index contributed by atoms with van der Waals surface area (Å²) in [4.78, 5) is 12.4. The number of aliphatic imine (C=N–C) groups is 1. The van der Waals surface area contributed by atoms with Crippen molar-refractivity contribution in [3.8, 4) is 22.8 Å². The molecule has 4 rings (SSSR count). The van der Waals surface area contributed by atoms with Crippen molar-refractivity contribution in [1.82, 2.24) is 20.2 Å². The minimum Gasteiger partial charge on any atom is -0.403 e. The number of anilines is 1. The van der Waals surface area contributed by atoms with E-state index in [1.807, 2.05) is 56.3 Å². The lowest BCUT2D eigenvalue weighted by Gasteiger charge is -2.19. The van der Waals surface area contributed by atoms with E-state index in [1.54, 1.807) is 7.05 Å². The van der Waals surface area contributed by atoms with Crippen LogP contribution in [0.5, 0.6) is 0 Å². The minimum absolute atomic E-state index is 0.0570. The lowest BCUT2D eigenvalue weighted by Crippen LogP contribution is -2.19. The zero-order chi connectivity index (χ0) is 23.8. The van der Waals surface area contributed by atoms with E-state index in [-0.39, 0.29) is 5.41 Å². The molecular formula is C25H27ClN6O. The van der Waals surface area contributed by atoms with E-state index in [0.717, 1.165) is 45.0 Å². The number of hydrogen-bond acceptors (Lipinski definition) is 6. The molecule has 2 heterocycles. The number of allylic oxidation sites excluding steroid dienone is 2. The number of halogens is 1. The van der Waals surface area contributed by atoms with Gasteiger partial charge in [-0.15, -0.1) is 5.10 Å². The van der Waals surface area contributed by atoms with Crippen molar-refractivity contribution < 1.29 is 4.42 Å². The molecule has 2 aromatic heterocycles. The van der Waals surface area contributed by atoms with E-state index >= 15 is 0 Å². The molecular weight excluding hydrogens is 436 g/mol. The van der Waals surface area contributed by atoms with Gasteiger partial charge in [0.2, 0.25) is 5.89 Å². The summed E-state index contributed by atoms with van der Waals surface area (Å²) in [5, 5.41) is 12.1. The first kappa shape index (κ1) is 22.7. The molecule has 2 N–H and O–H groups in total. The van der Waals surface area contributed by atoms with Crippen LogP contribution in [0, 0.1) is 12.3 Å². The highest BCUT2D eigenvalue weighted by Crippen LogP contribution is 2.32. The molecule has 0 saturated carbocycles. The van der Waals surface area contributed by atoms with E-state index in [9.17, 15) is 0 Å². The minimum atomic E-state index is -0.0570. The number of fused-ring (bicyclic) bond motifs is 1. The highest BCUT2D eigenvalue weighted by Gasteiger charge is 2.17. The summed E-state index contributed by atoms with van der Waals surface area (Å²) in [6, 6.07) is 11.9. The lowest BCUT2D eigenvalue weighted by atomic mass is 9.89. The van der Waals surface area contributed by atoms with Gasteiger partial charge < -0.3 is 14.7 Å². The van der Waals surface area contributed by atoms with Crippen LogP contribution in [0.25, 0.3) is 33.9 Å². The number of aromatic amines is 1. The first-order valence-corrected chi connectivity index (χ1v) is 11.0. The van der Waals surface area contributed by atoms with Gasteiger partial charge in [0.1, 0.15) is 5.82 Å². The molecule has 8 heteroatoms. The van der Waals surface area contributed by atoms with Gasteiger partial charge in [-0.1, -0.05) is 49.6 Å². The van der Waals surface area contributed by atoms with Crippen LogP contribution in [-0.2, 0) is 0 Å². The topological polar surface area (TPSA) is 92.0 Å². The Bertz CT molecular complexity index is 1350. The van der Waals surface area contributed by atoms with E-state index in [0.29, 0.717) is 16.9 Å². The molecule has 0 aliphatic carbocycles. The highest BCUT2D eigenvalue weighted by molar-refractivity contribution is 6.33. The zero-order valence-electron chi connectivity index (χ0n) is 19.6. The summed E-state index contributed by atoms with van der Waals surface area (Å²) in [7, 11) is 1.79. The van der Waals surface area contributed by atoms with Crippen molar-refractivity contribution in [2.75, 3.05) is 12.4 Å². The van der Waals surface area contributed by atoms with Gasteiger partial charge in [0.25, 0.3) is 0 Å². The van der Waals surface area contributed by atoms with Crippen LogP contribution in [0.3, 0.4) is 0 Å². The summed E-state index contributed by atoms with van der Waals surface area (Å²) in [5.74, 6) is 1.14. The van der Waals surface area contributed by atoms with Gasteiger partial charge >= 0.3 is 6.01 Å². The predicted octanol–water partition coefficient (Wildman–Crippen LogP) is 6.67. The third-order valence-corrected chi connectivity index (χ3v) is 5.59. The van der Waals surface area contributed by atoms with Gasteiger partial charge in [-0.3, -0.25) is 4.99 Å². The van der Waals surface area contributed by atoms with Crippen LogP contribution < -0.4 is 5.32 Å². The average molecular weight is 463 g/mol. The van der Waals surface area contributed by atoms with Crippen LogP contribution in [0.4, 0.5) is 6.01 Å². The van der Waals surface area contributed by atoms with Crippen LogP contribution >= 0.6 is 11.6 Å². The van der Waals surface area contributed by atoms with Crippen molar-refractivity contribution in [1.29, 1.82) is 0 Å². The Morgan fingerprint density at radius 1 is 1.18 bits per heavy atom. The number of benzene rings is 2. The molecule has 33 heavy (non-hydrogen) atoms. The fourth-order valence-electron chi connectivity index (χ4n) is 3.61. The molecule has 7 nitrogen and oxygen atoms in total. The second kappa shape index (κ2) is 8.83. The quantitative estimate of drug-likeness (QED) is 0.323. The van der Waals surface area contributed by atoms with Gasteiger partial charge in [-0.05, 0) is 49.8 Å². The van der Waals surface area contributed by atoms with Gasteiger partial charge in [0.15, 0.2) is 0 Å². The largest absolute Gasteiger partial charge is 0.403 e. The highest BCUT2D eigenvalue weighted by atomic mass is 35.5. The monoisotopic (exact) mass is 462 g/mol. The van der Waals surface area contributed by atoms with Crippen LogP contribution in [-0.4, -0.2) is 32.9 Å². The van der Waals surface area contributed by atoms with Gasteiger partial charge in [-0.2, -0.15) is 0 Å². The van der Waals surface area contributed by atoms with Crippen molar-refractivity contribution in [3.05, 3.63) is 58.8 Å². The zero-order valence-corrected chi connectivity index (χ0v) is 20.4. The molecule has 0 amide bonds. The van der Waals surface area contributed by atoms with E-state index in [2.05, 4.69) is 46.3 Å². The smallest absolute Gasteiger partial charge is 0.320 e. The Labute approximate surface area is 198 Å². The normalized spacial score (nSPS) is 13.1. The molecule has 0 saturated heterocycles. The molecule has 4 aromatic rings. The Hall–Kier alpha value is -3.45. The van der Waals surface area contributed by atoms with E-state index < -0.39 is 0 Å². The van der Waals surface area contributed by atoms with E-state index in [4.69, 9.17) is 21.0 Å². The van der Waals surface area contributed by atoms with Crippen LogP contribution in [0.2, 0.25) is 5.02 Å². The van der Waals surface area contributed by atoms with Crippen molar-refractivity contribution >= 4 is 34.4 Å². The number of aromatic nitrogens is 4. The average Bonchev–Trinajstić information content (AvgIpc) is 3.37. The summed E-state index contributed by atoms with van der Waals surface area (Å²) < 4.78 is 5.85. The number of aryl methyl sites for hydroxylation is 1. The molecule has 0 aliphatic heterocycles. The Morgan fingerprint density at radius 2 is 1.97 bits per heavy atom. The van der Waals surface area contributed by atoms with Gasteiger partial charge in [-0.25, -0.2) is 4.98 Å².